The highest BCUT2D eigenvalue weighted by molar-refractivity contribution is 5.92. The molecule has 0 saturated carbocycles. The fourth-order valence-electron chi connectivity index (χ4n) is 2.31. The number of aromatic nitrogens is 2. The van der Waals surface area contributed by atoms with Crippen molar-refractivity contribution < 1.29 is 4.79 Å². The topological polar surface area (TPSA) is 66.9 Å². The van der Waals surface area contributed by atoms with Gasteiger partial charge >= 0.3 is 0 Å². The summed E-state index contributed by atoms with van der Waals surface area (Å²) in [5, 5.41) is 6.05. The molecule has 0 saturated heterocycles. The van der Waals surface area contributed by atoms with Crippen LogP contribution < -0.4 is 10.6 Å². The number of nitrogens with zero attached hydrogens (tertiary/aromatic N) is 2. The lowest BCUT2D eigenvalue weighted by molar-refractivity contribution is 0.0946. The minimum Gasteiger partial charge on any atom is -0.347 e. The Morgan fingerprint density at radius 1 is 0.920 bits per heavy atom. The number of carbonyl (C=O) groups excluding carboxylic acids is 1. The minimum absolute atomic E-state index is 0.227. The Kier molecular flexibility index (Phi) is 5.04. The molecule has 0 bridgehead atoms. The highest BCUT2D eigenvalue weighted by Crippen LogP contribution is 2.15. The third kappa shape index (κ3) is 4.64. The summed E-state index contributed by atoms with van der Waals surface area (Å²) in [6.07, 6.45) is 1.39. The standard InChI is InChI=1S/C20H20N4O/c1-14-3-7-16(8-4-14)12-21-20(25)18-11-19(23-13-22-18)24-17-9-5-15(2)6-10-17/h3-11,13H,12H2,1-2H3,(H,21,25)(H,22,23,24). The number of aryl methyl sites for hydroxylation is 2. The molecule has 0 aliphatic carbocycles. The molecule has 25 heavy (non-hydrogen) atoms. The maximum atomic E-state index is 12.3. The van der Waals surface area contributed by atoms with Crippen molar-refractivity contribution in [3.63, 3.8) is 0 Å². The predicted octanol–water partition coefficient (Wildman–Crippen LogP) is 3.77. The Bertz CT molecular complexity index is 858. The number of rotatable bonds is 5. The summed E-state index contributed by atoms with van der Waals surface area (Å²) in [4.78, 5) is 20.5. The van der Waals surface area contributed by atoms with Gasteiger partial charge in [0, 0.05) is 18.3 Å². The monoisotopic (exact) mass is 332 g/mol. The third-order valence-corrected chi connectivity index (χ3v) is 3.80. The summed E-state index contributed by atoms with van der Waals surface area (Å²) >= 11 is 0. The van der Waals surface area contributed by atoms with Gasteiger partial charge in [-0.3, -0.25) is 4.79 Å². The maximum absolute atomic E-state index is 12.3. The highest BCUT2D eigenvalue weighted by atomic mass is 16.1. The summed E-state index contributed by atoms with van der Waals surface area (Å²) in [5.74, 6) is 0.356. The van der Waals surface area contributed by atoms with Gasteiger partial charge in [0.1, 0.15) is 17.8 Å². The molecule has 5 heteroatoms. The van der Waals surface area contributed by atoms with Gasteiger partial charge in [0.15, 0.2) is 0 Å². The van der Waals surface area contributed by atoms with E-state index in [1.54, 1.807) is 6.07 Å². The predicted molar refractivity (Wildman–Crippen MR) is 98.8 cm³/mol. The molecule has 0 radical (unpaired) electrons. The Morgan fingerprint density at radius 2 is 1.56 bits per heavy atom. The van der Waals surface area contributed by atoms with Gasteiger partial charge in [0.2, 0.25) is 0 Å². The van der Waals surface area contributed by atoms with Crippen LogP contribution >= 0.6 is 0 Å². The highest BCUT2D eigenvalue weighted by Gasteiger charge is 2.08. The summed E-state index contributed by atoms with van der Waals surface area (Å²) in [6.45, 7) is 4.53. The molecule has 2 aromatic carbocycles. The van der Waals surface area contributed by atoms with Gasteiger partial charge in [-0.25, -0.2) is 9.97 Å². The summed E-state index contributed by atoms with van der Waals surface area (Å²) in [5.41, 5.74) is 4.67. The Balaban J connectivity index is 1.64. The van der Waals surface area contributed by atoms with E-state index in [0.717, 1.165) is 11.3 Å². The number of carbonyl (C=O) groups is 1. The van der Waals surface area contributed by atoms with E-state index in [-0.39, 0.29) is 5.91 Å². The fraction of sp³-hybridized carbons (Fsp3) is 0.150. The minimum atomic E-state index is -0.227. The quantitative estimate of drug-likeness (QED) is 0.746. The Labute approximate surface area is 147 Å². The van der Waals surface area contributed by atoms with Crippen LogP contribution in [0.25, 0.3) is 0 Å². The molecule has 3 rings (SSSR count). The van der Waals surface area contributed by atoms with E-state index in [9.17, 15) is 4.79 Å². The zero-order chi connectivity index (χ0) is 17.6. The van der Waals surface area contributed by atoms with Crippen molar-refractivity contribution in [3.05, 3.63) is 83.3 Å². The largest absolute Gasteiger partial charge is 0.347 e. The lowest BCUT2D eigenvalue weighted by atomic mass is 10.1. The van der Waals surface area contributed by atoms with Gasteiger partial charge in [-0.2, -0.15) is 0 Å². The number of hydrogen-bond acceptors (Lipinski definition) is 4. The van der Waals surface area contributed by atoms with E-state index >= 15 is 0 Å². The zero-order valence-corrected chi connectivity index (χ0v) is 14.3. The van der Waals surface area contributed by atoms with Crippen LogP contribution in [0.4, 0.5) is 11.5 Å². The third-order valence-electron chi connectivity index (χ3n) is 3.80. The van der Waals surface area contributed by atoms with Gasteiger partial charge in [-0.15, -0.1) is 0 Å². The molecule has 0 unspecified atom stereocenters. The van der Waals surface area contributed by atoms with E-state index < -0.39 is 0 Å². The van der Waals surface area contributed by atoms with Gasteiger partial charge in [-0.1, -0.05) is 47.5 Å². The Morgan fingerprint density at radius 3 is 2.24 bits per heavy atom. The molecule has 0 spiro atoms. The number of benzene rings is 2. The second kappa shape index (κ2) is 7.57. The molecule has 5 nitrogen and oxygen atoms in total. The van der Waals surface area contributed by atoms with Crippen LogP contribution in [0.1, 0.15) is 27.2 Å². The van der Waals surface area contributed by atoms with Crippen molar-refractivity contribution in [2.45, 2.75) is 20.4 Å². The van der Waals surface area contributed by atoms with Crippen LogP contribution in [0.5, 0.6) is 0 Å². The average molecular weight is 332 g/mol. The first kappa shape index (κ1) is 16.6. The lowest BCUT2D eigenvalue weighted by Gasteiger charge is -2.08. The normalized spacial score (nSPS) is 10.3. The number of nitrogens with one attached hydrogen (secondary N) is 2. The van der Waals surface area contributed by atoms with Crippen LogP contribution in [0.15, 0.2) is 60.9 Å². The Hall–Kier alpha value is -3.21. The molecular weight excluding hydrogens is 312 g/mol. The maximum Gasteiger partial charge on any atom is 0.270 e. The van der Waals surface area contributed by atoms with E-state index in [1.165, 1.54) is 17.5 Å². The van der Waals surface area contributed by atoms with Crippen molar-refractivity contribution in [3.8, 4) is 0 Å². The molecule has 0 fully saturated rings. The van der Waals surface area contributed by atoms with Crippen LogP contribution in [0, 0.1) is 13.8 Å². The lowest BCUT2D eigenvalue weighted by Crippen LogP contribution is -2.24. The first-order valence-corrected chi connectivity index (χ1v) is 8.09. The molecule has 3 aromatic rings. The van der Waals surface area contributed by atoms with Crippen molar-refractivity contribution in [2.24, 2.45) is 0 Å². The van der Waals surface area contributed by atoms with Crippen molar-refractivity contribution >= 4 is 17.4 Å². The molecule has 126 valence electrons. The molecule has 1 heterocycles. The second-order valence-corrected chi connectivity index (χ2v) is 5.95. The number of hydrogen-bond donors (Lipinski definition) is 2. The van der Waals surface area contributed by atoms with Gasteiger partial charge in [-0.05, 0) is 31.5 Å². The van der Waals surface area contributed by atoms with Crippen LogP contribution in [0.3, 0.4) is 0 Å². The van der Waals surface area contributed by atoms with Crippen molar-refractivity contribution in [1.29, 1.82) is 0 Å². The fourth-order valence-corrected chi connectivity index (χ4v) is 2.31. The van der Waals surface area contributed by atoms with Crippen LogP contribution in [-0.2, 0) is 6.54 Å². The summed E-state index contributed by atoms with van der Waals surface area (Å²) < 4.78 is 0. The SMILES string of the molecule is Cc1ccc(CNC(=O)c2cc(Nc3ccc(C)cc3)ncn2)cc1. The smallest absolute Gasteiger partial charge is 0.270 e. The van der Waals surface area contributed by atoms with E-state index in [1.807, 2.05) is 62.4 Å². The number of anilines is 2. The molecule has 0 aliphatic heterocycles. The van der Waals surface area contributed by atoms with E-state index in [2.05, 4.69) is 20.6 Å². The molecule has 1 aromatic heterocycles. The zero-order valence-electron chi connectivity index (χ0n) is 14.3. The summed E-state index contributed by atoms with van der Waals surface area (Å²) in [6, 6.07) is 17.6. The van der Waals surface area contributed by atoms with Gasteiger partial charge < -0.3 is 10.6 Å². The first-order valence-electron chi connectivity index (χ1n) is 8.09. The number of amides is 1. The summed E-state index contributed by atoms with van der Waals surface area (Å²) in [7, 11) is 0. The van der Waals surface area contributed by atoms with E-state index in [4.69, 9.17) is 0 Å². The molecule has 1 amide bonds. The van der Waals surface area contributed by atoms with Crippen LogP contribution in [0.2, 0.25) is 0 Å². The van der Waals surface area contributed by atoms with Crippen LogP contribution in [-0.4, -0.2) is 15.9 Å². The van der Waals surface area contributed by atoms with Crippen molar-refractivity contribution in [1.82, 2.24) is 15.3 Å². The molecule has 2 N–H and O–H groups in total. The molecule has 0 aliphatic rings. The molecule has 0 atom stereocenters. The second-order valence-electron chi connectivity index (χ2n) is 5.95. The first-order chi connectivity index (χ1) is 12.1. The molecular formula is C20H20N4O. The van der Waals surface area contributed by atoms with E-state index in [0.29, 0.717) is 18.1 Å². The van der Waals surface area contributed by atoms with Gasteiger partial charge in [0.05, 0.1) is 0 Å². The average Bonchev–Trinajstić information content (AvgIpc) is 2.63. The van der Waals surface area contributed by atoms with Crippen molar-refractivity contribution in [2.75, 3.05) is 5.32 Å². The van der Waals surface area contributed by atoms with Gasteiger partial charge in [0.25, 0.3) is 5.91 Å².